The number of hydrogen-bond donors (Lipinski definition) is 1. The van der Waals surface area contributed by atoms with Gasteiger partial charge in [0, 0.05) is 23.3 Å². The van der Waals surface area contributed by atoms with Crippen LogP contribution in [0.5, 0.6) is 0 Å². The highest BCUT2D eigenvalue weighted by atomic mass is 14.9. The minimum Gasteiger partial charge on any atom is -0.312 e. The van der Waals surface area contributed by atoms with Crippen molar-refractivity contribution in [1.29, 1.82) is 0 Å². The fraction of sp³-hybridized carbons (Fsp3) is 0.765. The van der Waals surface area contributed by atoms with Crippen LogP contribution in [0, 0.1) is 12.8 Å². The van der Waals surface area contributed by atoms with Gasteiger partial charge in [-0.3, -0.25) is 0 Å². The second kappa shape index (κ2) is 6.21. The molecule has 1 aromatic heterocycles. The zero-order chi connectivity index (χ0) is 14.8. The smallest absolute Gasteiger partial charge is 0.128 e. The average Bonchev–Trinajstić information content (AvgIpc) is 2.36. The fourth-order valence-electron chi connectivity index (χ4n) is 2.88. The van der Waals surface area contributed by atoms with Crippen molar-refractivity contribution in [3.05, 3.63) is 22.8 Å². The summed E-state index contributed by atoms with van der Waals surface area (Å²) in [6, 6.07) is 0. The Hall–Kier alpha value is -0.960. The van der Waals surface area contributed by atoms with Crippen LogP contribution in [-0.2, 0) is 19.3 Å². The molecule has 0 bridgehead atoms. The van der Waals surface area contributed by atoms with E-state index in [4.69, 9.17) is 4.98 Å². The van der Waals surface area contributed by atoms with E-state index in [0.717, 1.165) is 44.0 Å². The lowest BCUT2D eigenvalue weighted by atomic mass is 9.85. The minimum absolute atomic E-state index is 0.205. The van der Waals surface area contributed by atoms with E-state index in [9.17, 15) is 0 Å². The maximum absolute atomic E-state index is 4.78. The van der Waals surface area contributed by atoms with Crippen LogP contribution in [0.3, 0.4) is 0 Å². The molecule has 1 unspecified atom stereocenters. The van der Waals surface area contributed by atoms with Gasteiger partial charge < -0.3 is 5.32 Å². The lowest BCUT2D eigenvalue weighted by molar-refractivity contribution is 0.346. The first kappa shape index (κ1) is 15.4. The van der Waals surface area contributed by atoms with Crippen molar-refractivity contribution >= 4 is 0 Å². The lowest BCUT2D eigenvalue weighted by Crippen LogP contribution is -2.40. The number of fused-ring (bicyclic) bond motifs is 1. The maximum atomic E-state index is 4.78. The van der Waals surface area contributed by atoms with Gasteiger partial charge in [0.2, 0.25) is 0 Å². The molecule has 3 heteroatoms. The summed E-state index contributed by atoms with van der Waals surface area (Å²) in [6.07, 6.45) is 5.63. The zero-order valence-corrected chi connectivity index (χ0v) is 13.7. The van der Waals surface area contributed by atoms with Gasteiger partial charge in [-0.2, -0.15) is 0 Å². The highest BCUT2D eigenvalue weighted by Gasteiger charge is 2.23. The molecule has 0 aliphatic heterocycles. The van der Waals surface area contributed by atoms with E-state index in [-0.39, 0.29) is 5.54 Å². The second-order valence-electron chi connectivity index (χ2n) is 7.14. The Bertz CT molecular complexity index is 460. The summed E-state index contributed by atoms with van der Waals surface area (Å²) >= 11 is 0. The van der Waals surface area contributed by atoms with E-state index >= 15 is 0 Å². The summed E-state index contributed by atoms with van der Waals surface area (Å²) in [4.78, 5) is 9.46. The predicted molar refractivity (Wildman–Crippen MR) is 84.0 cm³/mol. The van der Waals surface area contributed by atoms with Crippen molar-refractivity contribution in [2.45, 2.75) is 72.3 Å². The van der Waals surface area contributed by atoms with Gasteiger partial charge >= 0.3 is 0 Å². The van der Waals surface area contributed by atoms with E-state index in [1.165, 1.54) is 23.4 Å². The summed E-state index contributed by atoms with van der Waals surface area (Å²) in [7, 11) is 0. The molecular weight excluding hydrogens is 246 g/mol. The first-order valence-electron chi connectivity index (χ1n) is 7.99. The summed E-state index contributed by atoms with van der Waals surface area (Å²) in [6.45, 7) is 12.1. The summed E-state index contributed by atoms with van der Waals surface area (Å²) in [5.41, 5.74) is 4.14. The molecule has 0 radical (unpaired) electrons. The van der Waals surface area contributed by atoms with Crippen LogP contribution >= 0.6 is 0 Å². The van der Waals surface area contributed by atoms with Gasteiger partial charge in [-0.15, -0.1) is 0 Å². The molecule has 1 aliphatic rings. The maximum Gasteiger partial charge on any atom is 0.128 e. The molecule has 0 amide bonds. The average molecular weight is 275 g/mol. The Balaban J connectivity index is 2.06. The normalized spacial score (nSPS) is 18.9. The van der Waals surface area contributed by atoms with Crippen LogP contribution in [0.4, 0.5) is 0 Å². The topological polar surface area (TPSA) is 37.8 Å². The van der Waals surface area contributed by atoms with Crippen LogP contribution in [0.1, 0.15) is 63.3 Å². The molecule has 3 nitrogen and oxygen atoms in total. The van der Waals surface area contributed by atoms with Crippen molar-refractivity contribution in [1.82, 2.24) is 15.3 Å². The first-order valence-corrected chi connectivity index (χ1v) is 7.99. The van der Waals surface area contributed by atoms with Gasteiger partial charge in [0.15, 0.2) is 0 Å². The highest BCUT2D eigenvalue weighted by molar-refractivity contribution is 5.28. The monoisotopic (exact) mass is 275 g/mol. The molecule has 1 heterocycles. The molecular formula is C17H29N3. The largest absolute Gasteiger partial charge is 0.312 e. The minimum atomic E-state index is 0.205. The van der Waals surface area contributed by atoms with Crippen molar-refractivity contribution in [2.24, 2.45) is 5.92 Å². The van der Waals surface area contributed by atoms with Gasteiger partial charge in [-0.05, 0) is 71.4 Å². The van der Waals surface area contributed by atoms with E-state index in [0.29, 0.717) is 0 Å². The molecule has 1 N–H and O–H groups in total. The lowest BCUT2D eigenvalue weighted by Gasteiger charge is -2.29. The third-order valence-corrected chi connectivity index (χ3v) is 4.02. The van der Waals surface area contributed by atoms with Crippen molar-refractivity contribution < 1.29 is 0 Å². The van der Waals surface area contributed by atoms with Crippen LogP contribution in [0.15, 0.2) is 0 Å². The quantitative estimate of drug-likeness (QED) is 0.916. The Morgan fingerprint density at radius 2 is 2.00 bits per heavy atom. The van der Waals surface area contributed by atoms with E-state index in [1.807, 2.05) is 0 Å². The molecule has 0 saturated heterocycles. The molecule has 20 heavy (non-hydrogen) atoms. The van der Waals surface area contributed by atoms with Gasteiger partial charge in [-0.1, -0.05) is 6.92 Å². The Morgan fingerprint density at radius 3 is 2.65 bits per heavy atom. The molecule has 0 fully saturated rings. The van der Waals surface area contributed by atoms with E-state index in [1.54, 1.807) is 0 Å². The van der Waals surface area contributed by atoms with Gasteiger partial charge in [0.1, 0.15) is 5.82 Å². The van der Waals surface area contributed by atoms with Crippen LogP contribution < -0.4 is 5.32 Å². The number of nitrogens with one attached hydrogen (secondary N) is 1. The Labute approximate surface area is 123 Å². The molecule has 112 valence electrons. The molecule has 1 atom stereocenters. The van der Waals surface area contributed by atoms with Crippen molar-refractivity contribution in [3.63, 3.8) is 0 Å². The summed E-state index contributed by atoms with van der Waals surface area (Å²) < 4.78 is 0. The van der Waals surface area contributed by atoms with Gasteiger partial charge in [0.05, 0.1) is 0 Å². The molecule has 1 aliphatic carbocycles. The molecule has 0 aromatic carbocycles. The SMILES string of the molecule is CCCc1nc(C)c2c(n1)CCC(CNC(C)(C)C)C2. The number of hydrogen-bond acceptors (Lipinski definition) is 3. The number of rotatable bonds is 4. The van der Waals surface area contributed by atoms with Crippen molar-refractivity contribution in [2.75, 3.05) is 6.54 Å². The number of aryl methyl sites for hydroxylation is 3. The first-order chi connectivity index (χ1) is 9.39. The molecule has 0 saturated carbocycles. The molecule has 2 rings (SSSR count). The molecule has 1 aromatic rings. The third kappa shape index (κ3) is 4.02. The van der Waals surface area contributed by atoms with Crippen LogP contribution in [0.25, 0.3) is 0 Å². The number of nitrogens with zero attached hydrogens (tertiary/aromatic N) is 2. The Kier molecular flexibility index (Phi) is 4.79. The van der Waals surface area contributed by atoms with E-state index in [2.05, 4.69) is 44.9 Å². The summed E-state index contributed by atoms with van der Waals surface area (Å²) in [5, 5.41) is 3.63. The van der Waals surface area contributed by atoms with Gasteiger partial charge in [-0.25, -0.2) is 9.97 Å². The Morgan fingerprint density at radius 1 is 1.25 bits per heavy atom. The van der Waals surface area contributed by atoms with E-state index < -0.39 is 0 Å². The summed E-state index contributed by atoms with van der Waals surface area (Å²) in [5.74, 6) is 1.76. The zero-order valence-electron chi connectivity index (χ0n) is 13.7. The number of aromatic nitrogens is 2. The predicted octanol–water partition coefficient (Wildman–Crippen LogP) is 3.23. The second-order valence-corrected chi connectivity index (χ2v) is 7.14. The standard InChI is InChI=1S/C17H29N3/c1-6-7-16-19-12(2)14-10-13(8-9-15(14)20-16)11-18-17(3,4)5/h13,18H,6-11H2,1-5H3. The fourth-order valence-corrected chi connectivity index (χ4v) is 2.88. The third-order valence-electron chi connectivity index (χ3n) is 4.02. The van der Waals surface area contributed by atoms with Crippen LogP contribution in [-0.4, -0.2) is 22.1 Å². The van der Waals surface area contributed by atoms with Gasteiger partial charge in [0.25, 0.3) is 0 Å². The molecule has 0 spiro atoms. The highest BCUT2D eigenvalue weighted by Crippen LogP contribution is 2.26. The van der Waals surface area contributed by atoms with Crippen LogP contribution in [0.2, 0.25) is 0 Å². The van der Waals surface area contributed by atoms with Crippen molar-refractivity contribution in [3.8, 4) is 0 Å².